The average molecular weight is 439 g/mol. The number of nitrogens with zero attached hydrogens (tertiary/aromatic N) is 3. The Morgan fingerprint density at radius 2 is 1.97 bits per heavy atom. The van der Waals surface area contributed by atoms with E-state index >= 15 is 0 Å². The van der Waals surface area contributed by atoms with E-state index in [9.17, 15) is 4.79 Å². The predicted molar refractivity (Wildman–Crippen MR) is 120 cm³/mol. The summed E-state index contributed by atoms with van der Waals surface area (Å²) in [6, 6.07) is 15.1. The lowest BCUT2D eigenvalue weighted by atomic mass is 9.93. The second kappa shape index (κ2) is 7.49. The number of rotatable bonds is 2. The maximum Gasteiger partial charge on any atom is 0.258 e. The summed E-state index contributed by atoms with van der Waals surface area (Å²) in [4.78, 5) is 15.8. The molecule has 0 radical (unpaired) electrons. The van der Waals surface area contributed by atoms with Crippen molar-refractivity contribution < 1.29 is 4.79 Å². The summed E-state index contributed by atoms with van der Waals surface area (Å²) in [6.45, 7) is 2.62. The number of allylic oxidation sites excluding steroid dienone is 1. The predicted octanol–water partition coefficient (Wildman–Crippen LogP) is 5.46. The van der Waals surface area contributed by atoms with Gasteiger partial charge in [0.1, 0.15) is 11.9 Å². The summed E-state index contributed by atoms with van der Waals surface area (Å²) in [7, 11) is 0. The van der Waals surface area contributed by atoms with Crippen molar-refractivity contribution in [3.63, 3.8) is 0 Å². The van der Waals surface area contributed by atoms with E-state index in [1.54, 1.807) is 12.3 Å². The van der Waals surface area contributed by atoms with Crippen LogP contribution < -0.4 is 10.2 Å². The first-order valence-electron chi connectivity index (χ1n) is 9.90. The molecule has 1 N–H and O–H groups in total. The lowest BCUT2D eigenvalue weighted by molar-refractivity contribution is -0.115. The molecule has 5 rings (SSSR count). The number of carbonyl (C=O) groups is 1. The van der Waals surface area contributed by atoms with Gasteiger partial charge in [-0.25, -0.2) is 4.68 Å². The first-order chi connectivity index (χ1) is 14.5. The van der Waals surface area contributed by atoms with Crippen molar-refractivity contribution in [2.24, 2.45) is 0 Å². The van der Waals surface area contributed by atoms with Crippen LogP contribution in [0, 0.1) is 0 Å². The van der Waals surface area contributed by atoms with Crippen LogP contribution in [0.1, 0.15) is 30.5 Å². The Kier molecular flexibility index (Phi) is 4.80. The highest BCUT2D eigenvalue weighted by atomic mass is 35.5. The van der Waals surface area contributed by atoms with Gasteiger partial charge in [0.2, 0.25) is 0 Å². The fourth-order valence-electron chi connectivity index (χ4n) is 4.36. The maximum absolute atomic E-state index is 13.9. The number of fused-ring (bicyclic) bond motifs is 2. The van der Waals surface area contributed by atoms with Gasteiger partial charge in [-0.05, 0) is 49.1 Å². The molecule has 1 aromatic heterocycles. The van der Waals surface area contributed by atoms with Gasteiger partial charge in [-0.3, -0.25) is 4.79 Å². The van der Waals surface area contributed by atoms with E-state index in [4.69, 9.17) is 23.2 Å². The van der Waals surface area contributed by atoms with Crippen LogP contribution in [0.4, 0.5) is 11.5 Å². The van der Waals surface area contributed by atoms with Crippen LogP contribution in [-0.4, -0.2) is 22.2 Å². The first-order valence-corrected chi connectivity index (χ1v) is 10.7. The Bertz CT molecular complexity index is 1180. The fraction of sp³-hybridized carbons (Fsp3) is 0.217. The molecule has 152 valence electrons. The fourth-order valence-corrected chi connectivity index (χ4v) is 4.67. The normalized spacial score (nSPS) is 18.0. The number of anilines is 2. The number of hydrogen-bond donors (Lipinski definition) is 1. The Labute approximate surface area is 184 Å². The van der Waals surface area contributed by atoms with Crippen LogP contribution in [0.2, 0.25) is 10.0 Å². The van der Waals surface area contributed by atoms with Gasteiger partial charge in [0, 0.05) is 24.0 Å². The average Bonchev–Trinajstić information content (AvgIpc) is 3.22. The van der Waals surface area contributed by atoms with Gasteiger partial charge in [0.25, 0.3) is 5.91 Å². The zero-order valence-electron chi connectivity index (χ0n) is 16.4. The SMILES string of the molecule is CC1=C(C(=O)N2CCCc3ccccc32)C(c2ccc(Cl)c(Cl)c2)n2nccc2N1. The Balaban J connectivity index is 1.64. The van der Waals surface area contributed by atoms with Crippen LogP contribution in [0.3, 0.4) is 0 Å². The monoisotopic (exact) mass is 438 g/mol. The minimum atomic E-state index is -0.396. The molecule has 0 bridgehead atoms. The van der Waals surface area contributed by atoms with Crippen LogP contribution in [0.5, 0.6) is 0 Å². The molecule has 0 fully saturated rings. The molecule has 3 heterocycles. The minimum Gasteiger partial charge on any atom is -0.344 e. The highest BCUT2D eigenvalue weighted by Gasteiger charge is 2.36. The summed E-state index contributed by atoms with van der Waals surface area (Å²) in [5.41, 5.74) is 4.51. The Hall–Kier alpha value is -2.76. The maximum atomic E-state index is 13.9. The zero-order valence-corrected chi connectivity index (χ0v) is 17.9. The molecule has 2 aromatic carbocycles. The van der Waals surface area contributed by atoms with E-state index in [2.05, 4.69) is 16.5 Å². The third kappa shape index (κ3) is 3.09. The van der Waals surface area contributed by atoms with E-state index in [-0.39, 0.29) is 5.91 Å². The zero-order chi connectivity index (χ0) is 20.8. The summed E-state index contributed by atoms with van der Waals surface area (Å²) in [5.74, 6) is 0.809. The van der Waals surface area contributed by atoms with Crippen LogP contribution in [0.25, 0.3) is 0 Å². The smallest absolute Gasteiger partial charge is 0.258 e. The van der Waals surface area contributed by atoms with Crippen molar-refractivity contribution in [1.82, 2.24) is 9.78 Å². The number of carbonyl (C=O) groups excluding carboxylic acids is 1. The van der Waals surface area contributed by atoms with Gasteiger partial charge in [-0.1, -0.05) is 47.5 Å². The Morgan fingerprint density at radius 3 is 2.80 bits per heavy atom. The van der Waals surface area contributed by atoms with Gasteiger partial charge in [0.05, 0.1) is 21.8 Å². The molecule has 0 saturated carbocycles. The molecular formula is C23H20Cl2N4O. The molecule has 2 aliphatic rings. The number of benzene rings is 2. The lowest BCUT2D eigenvalue weighted by Gasteiger charge is -2.35. The van der Waals surface area contributed by atoms with E-state index < -0.39 is 6.04 Å². The second-order valence-electron chi connectivity index (χ2n) is 7.59. The molecule has 2 aliphatic heterocycles. The van der Waals surface area contributed by atoms with Gasteiger partial charge < -0.3 is 10.2 Å². The number of nitrogens with one attached hydrogen (secondary N) is 1. The molecular weight excluding hydrogens is 419 g/mol. The largest absolute Gasteiger partial charge is 0.344 e. The summed E-state index contributed by atoms with van der Waals surface area (Å²) in [5, 5.41) is 8.76. The van der Waals surface area contributed by atoms with Crippen molar-refractivity contribution in [2.45, 2.75) is 25.8 Å². The van der Waals surface area contributed by atoms with Gasteiger partial charge in [-0.2, -0.15) is 5.10 Å². The Morgan fingerprint density at radius 1 is 1.13 bits per heavy atom. The van der Waals surface area contributed by atoms with Gasteiger partial charge in [0.15, 0.2) is 0 Å². The highest BCUT2D eigenvalue weighted by Crippen LogP contribution is 2.39. The second-order valence-corrected chi connectivity index (χ2v) is 8.40. The number of aromatic nitrogens is 2. The van der Waals surface area contributed by atoms with Crippen LogP contribution in [-0.2, 0) is 11.2 Å². The molecule has 0 spiro atoms. The highest BCUT2D eigenvalue weighted by molar-refractivity contribution is 6.42. The number of aryl methyl sites for hydroxylation is 1. The molecule has 3 aromatic rings. The molecule has 5 nitrogen and oxygen atoms in total. The van der Waals surface area contributed by atoms with Crippen molar-refractivity contribution in [2.75, 3.05) is 16.8 Å². The third-order valence-corrected chi connectivity index (χ3v) is 6.49. The van der Waals surface area contributed by atoms with Crippen molar-refractivity contribution in [3.05, 3.63) is 87.2 Å². The molecule has 0 saturated heterocycles. The number of hydrogen-bond acceptors (Lipinski definition) is 3. The molecule has 1 unspecified atom stereocenters. The lowest BCUT2D eigenvalue weighted by Crippen LogP contribution is -2.40. The number of amides is 1. The van der Waals surface area contributed by atoms with E-state index in [0.29, 0.717) is 22.2 Å². The van der Waals surface area contributed by atoms with Crippen molar-refractivity contribution in [3.8, 4) is 0 Å². The molecule has 1 amide bonds. The van der Waals surface area contributed by atoms with Crippen molar-refractivity contribution in [1.29, 1.82) is 0 Å². The van der Waals surface area contributed by atoms with E-state index in [0.717, 1.165) is 35.6 Å². The molecule has 7 heteroatoms. The molecule has 1 atom stereocenters. The standard InChI is InChI=1S/C23H20Cl2N4O/c1-14-21(23(30)28-12-4-6-15-5-2-3-7-19(15)28)22(29-20(27-14)10-11-26-29)16-8-9-17(24)18(25)13-16/h2-3,5,7-11,13,22,27H,4,6,12H2,1H3. The quantitative estimate of drug-likeness (QED) is 0.577. The summed E-state index contributed by atoms with van der Waals surface area (Å²) >= 11 is 12.5. The third-order valence-electron chi connectivity index (χ3n) is 5.75. The van der Waals surface area contributed by atoms with E-state index in [1.807, 2.05) is 52.9 Å². The molecule has 0 aliphatic carbocycles. The first kappa shape index (κ1) is 19.2. The van der Waals surface area contributed by atoms with Crippen molar-refractivity contribution >= 4 is 40.6 Å². The topological polar surface area (TPSA) is 50.2 Å². The minimum absolute atomic E-state index is 0.0237. The van der Waals surface area contributed by atoms with Crippen LogP contribution >= 0.6 is 23.2 Å². The van der Waals surface area contributed by atoms with E-state index in [1.165, 1.54) is 5.56 Å². The summed E-state index contributed by atoms with van der Waals surface area (Å²) < 4.78 is 1.83. The summed E-state index contributed by atoms with van der Waals surface area (Å²) in [6.07, 6.45) is 3.65. The van der Waals surface area contributed by atoms with Crippen LogP contribution in [0.15, 0.2) is 66.0 Å². The molecule has 30 heavy (non-hydrogen) atoms. The number of halogens is 2. The van der Waals surface area contributed by atoms with Gasteiger partial charge in [-0.15, -0.1) is 0 Å². The number of para-hydroxylation sites is 1. The van der Waals surface area contributed by atoms with Gasteiger partial charge >= 0.3 is 0 Å².